The highest BCUT2D eigenvalue weighted by molar-refractivity contribution is 5.97. The van der Waals surface area contributed by atoms with E-state index < -0.39 is 0 Å². The first kappa shape index (κ1) is 17.5. The van der Waals surface area contributed by atoms with Crippen molar-refractivity contribution in [3.8, 4) is 11.4 Å². The van der Waals surface area contributed by atoms with Crippen LogP contribution in [-0.2, 0) is 0 Å². The van der Waals surface area contributed by atoms with Crippen LogP contribution >= 0.6 is 0 Å². The van der Waals surface area contributed by atoms with E-state index in [4.69, 9.17) is 4.74 Å². The van der Waals surface area contributed by atoms with Crippen LogP contribution in [0.15, 0.2) is 65.8 Å². The third-order valence-corrected chi connectivity index (χ3v) is 4.21. The Labute approximate surface area is 152 Å². The SMILES string of the molecule is COc1ccccc1C(=O)N/N=C\c1cc(C)n(-c2ccccc2)c1C. The molecule has 0 aliphatic carbocycles. The lowest BCUT2D eigenvalue weighted by atomic mass is 10.2. The summed E-state index contributed by atoms with van der Waals surface area (Å²) in [6.45, 7) is 4.08. The molecule has 3 aromatic rings. The highest BCUT2D eigenvalue weighted by atomic mass is 16.5. The molecule has 0 atom stereocenters. The zero-order valence-corrected chi connectivity index (χ0v) is 15.1. The fourth-order valence-corrected chi connectivity index (χ4v) is 2.95. The monoisotopic (exact) mass is 347 g/mol. The second-order valence-corrected chi connectivity index (χ2v) is 5.90. The van der Waals surface area contributed by atoms with Gasteiger partial charge in [-0.05, 0) is 44.2 Å². The number of rotatable bonds is 5. The molecule has 1 N–H and O–H groups in total. The third-order valence-electron chi connectivity index (χ3n) is 4.21. The fourth-order valence-electron chi connectivity index (χ4n) is 2.95. The van der Waals surface area contributed by atoms with Gasteiger partial charge in [-0.15, -0.1) is 0 Å². The van der Waals surface area contributed by atoms with Crippen molar-refractivity contribution in [2.45, 2.75) is 13.8 Å². The molecule has 5 nitrogen and oxygen atoms in total. The van der Waals surface area contributed by atoms with Crippen molar-refractivity contribution in [2.24, 2.45) is 5.10 Å². The molecule has 3 rings (SSSR count). The summed E-state index contributed by atoms with van der Waals surface area (Å²) in [6.07, 6.45) is 1.66. The number of nitrogens with one attached hydrogen (secondary N) is 1. The lowest BCUT2D eigenvalue weighted by Gasteiger charge is -2.09. The van der Waals surface area contributed by atoms with E-state index in [2.05, 4.69) is 27.2 Å². The Morgan fingerprint density at radius 1 is 1.08 bits per heavy atom. The molecule has 1 amide bonds. The summed E-state index contributed by atoms with van der Waals surface area (Å²) in [7, 11) is 1.54. The maximum absolute atomic E-state index is 12.3. The summed E-state index contributed by atoms with van der Waals surface area (Å²) < 4.78 is 7.36. The van der Waals surface area contributed by atoms with Crippen LogP contribution < -0.4 is 10.2 Å². The zero-order valence-electron chi connectivity index (χ0n) is 15.1. The molecule has 2 aromatic carbocycles. The van der Waals surface area contributed by atoms with Crippen LogP contribution in [0.5, 0.6) is 5.75 Å². The number of benzene rings is 2. The normalized spacial score (nSPS) is 10.9. The molecule has 26 heavy (non-hydrogen) atoms. The molecule has 0 bridgehead atoms. The number of amides is 1. The second kappa shape index (κ2) is 7.70. The largest absolute Gasteiger partial charge is 0.496 e. The second-order valence-electron chi connectivity index (χ2n) is 5.90. The lowest BCUT2D eigenvalue weighted by molar-refractivity contribution is 0.0952. The number of para-hydroxylation sites is 2. The highest BCUT2D eigenvalue weighted by Crippen LogP contribution is 2.20. The average molecular weight is 347 g/mol. The van der Waals surface area contributed by atoms with Gasteiger partial charge in [-0.25, -0.2) is 5.43 Å². The molecule has 0 fully saturated rings. The summed E-state index contributed by atoms with van der Waals surface area (Å²) in [4.78, 5) is 12.3. The van der Waals surface area contributed by atoms with E-state index >= 15 is 0 Å². The van der Waals surface area contributed by atoms with E-state index in [9.17, 15) is 4.79 Å². The standard InChI is InChI=1S/C21H21N3O2/c1-15-13-17(16(2)24(15)18-9-5-4-6-10-18)14-22-23-21(25)19-11-7-8-12-20(19)26-3/h4-14H,1-3H3,(H,23,25)/b22-14-. The van der Waals surface area contributed by atoms with Crippen molar-refractivity contribution in [1.29, 1.82) is 0 Å². The summed E-state index contributed by atoms with van der Waals surface area (Å²) in [5, 5.41) is 4.11. The quantitative estimate of drug-likeness (QED) is 0.563. The van der Waals surface area contributed by atoms with E-state index in [1.54, 1.807) is 24.4 Å². The maximum atomic E-state index is 12.3. The first-order valence-electron chi connectivity index (χ1n) is 8.32. The number of aromatic nitrogens is 1. The van der Waals surface area contributed by atoms with E-state index in [1.165, 1.54) is 7.11 Å². The van der Waals surface area contributed by atoms with Gasteiger partial charge in [-0.3, -0.25) is 4.79 Å². The summed E-state index contributed by atoms with van der Waals surface area (Å²) in [5.41, 5.74) is 7.22. The fraction of sp³-hybridized carbons (Fsp3) is 0.143. The number of methoxy groups -OCH3 is 1. The van der Waals surface area contributed by atoms with Crippen LogP contribution in [0.2, 0.25) is 0 Å². The Morgan fingerprint density at radius 3 is 2.50 bits per heavy atom. The molecule has 0 saturated carbocycles. The van der Waals surface area contributed by atoms with Gasteiger partial charge in [0.1, 0.15) is 5.75 Å². The van der Waals surface area contributed by atoms with Crippen molar-refractivity contribution in [3.63, 3.8) is 0 Å². The van der Waals surface area contributed by atoms with Crippen molar-refractivity contribution >= 4 is 12.1 Å². The van der Waals surface area contributed by atoms with Gasteiger partial charge >= 0.3 is 0 Å². The van der Waals surface area contributed by atoms with Gasteiger partial charge in [-0.1, -0.05) is 30.3 Å². The summed E-state index contributed by atoms with van der Waals surface area (Å²) >= 11 is 0. The van der Waals surface area contributed by atoms with E-state index in [1.807, 2.05) is 44.2 Å². The number of aryl methyl sites for hydroxylation is 1. The molecule has 0 spiro atoms. The van der Waals surface area contributed by atoms with Gasteiger partial charge in [-0.2, -0.15) is 5.10 Å². The average Bonchev–Trinajstić information content (AvgIpc) is 2.95. The summed E-state index contributed by atoms with van der Waals surface area (Å²) in [6, 6.07) is 19.2. The summed E-state index contributed by atoms with van der Waals surface area (Å²) in [5.74, 6) is 0.207. The number of hydrazone groups is 1. The van der Waals surface area contributed by atoms with Gasteiger partial charge in [0.25, 0.3) is 5.91 Å². The molecule has 0 unspecified atom stereocenters. The third kappa shape index (κ3) is 3.52. The van der Waals surface area contributed by atoms with Crippen LogP contribution in [0.3, 0.4) is 0 Å². The molecule has 0 aliphatic rings. The molecule has 0 saturated heterocycles. The van der Waals surface area contributed by atoms with Gasteiger partial charge in [0.2, 0.25) is 0 Å². The Bertz CT molecular complexity index is 943. The van der Waals surface area contributed by atoms with Crippen LogP contribution in [0, 0.1) is 13.8 Å². The van der Waals surface area contributed by atoms with Gasteiger partial charge in [0, 0.05) is 22.6 Å². The number of ether oxygens (including phenoxy) is 1. The number of nitrogens with zero attached hydrogens (tertiary/aromatic N) is 2. The van der Waals surface area contributed by atoms with Crippen LogP contribution in [0.4, 0.5) is 0 Å². The van der Waals surface area contributed by atoms with E-state index in [0.717, 1.165) is 22.6 Å². The molecule has 132 valence electrons. The van der Waals surface area contributed by atoms with E-state index in [0.29, 0.717) is 11.3 Å². The van der Waals surface area contributed by atoms with Crippen LogP contribution in [0.1, 0.15) is 27.3 Å². The zero-order chi connectivity index (χ0) is 18.5. The van der Waals surface area contributed by atoms with Gasteiger partial charge < -0.3 is 9.30 Å². The number of hydrogen-bond acceptors (Lipinski definition) is 3. The van der Waals surface area contributed by atoms with Crippen molar-refractivity contribution in [3.05, 3.63) is 83.2 Å². The predicted octanol–water partition coefficient (Wildman–Crippen LogP) is 3.87. The number of hydrogen-bond donors (Lipinski definition) is 1. The Hall–Kier alpha value is -3.34. The molecule has 5 heteroatoms. The van der Waals surface area contributed by atoms with E-state index in [-0.39, 0.29) is 5.91 Å². The smallest absolute Gasteiger partial charge is 0.275 e. The molecular weight excluding hydrogens is 326 g/mol. The number of carbonyl (C=O) groups excluding carboxylic acids is 1. The molecule has 1 aromatic heterocycles. The van der Waals surface area contributed by atoms with Crippen molar-refractivity contribution in [1.82, 2.24) is 9.99 Å². The lowest BCUT2D eigenvalue weighted by Crippen LogP contribution is -2.18. The predicted molar refractivity (Wildman–Crippen MR) is 103 cm³/mol. The molecule has 0 radical (unpaired) electrons. The minimum atomic E-state index is -0.310. The Kier molecular flexibility index (Phi) is 5.17. The highest BCUT2D eigenvalue weighted by Gasteiger charge is 2.11. The minimum Gasteiger partial charge on any atom is -0.496 e. The number of carbonyl (C=O) groups is 1. The maximum Gasteiger partial charge on any atom is 0.275 e. The molecule has 0 aliphatic heterocycles. The van der Waals surface area contributed by atoms with Gasteiger partial charge in [0.05, 0.1) is 18.9 Å². The first-order chi connectivity index (χ1) is 12.6. The van der Waals surface area contributed by atoms with Crippen LogP contribution in [0.25, 0.3) is 5.69 Å². The topological polar surface area (TPSA) is 55.6 Å². The Morgan fingerprint density at radius 2 is 1.77 bits per heavy atom. The minimum absolute atomic E-state index is 0.310. The molecule has 1 heterocycles. The molecular formula is C21H21N3O2. The van der Waals surface area contributed by atoms with Crippen LogP contribution in [-0.4, -0.2) is 23.8 Å². The van der Waals surface area contributed by atoms with Crippen molar-refractivity contribution < 1.29 is 9.53 Å². The first-order valence-corrected chi connectivity index (χ1v) is 8.32. The Balaban J connectivity index is 1.78. The van der Waals surface area contributed by atoms with Crippen molar-refractivity contribution in [2.75, 3.05) is 7.11 Å². The van der Waals surface area contributed by atoms with Gasteiger partial charge in [0.15, 0.2) is 0 Å².